The van der Waals surface area contributed by atoms with Gasteiger partial charge in [0.15, 0.2) is 0 Å². The molecule has 1 saturated carbocycles. The van der Waals surface area contributed by atoms with Crippen LogP contribution < -0.4 is 10.1 Å². The molecule has 19 heavy (non-hydrogen) atoms. The van der Waals surface area contributed by atoms with Crippen LogP contribution in [0.15, 0.2) is 18.2 Å². The molecule has 2 N–H and O–H groups in total. The maximum Gasteiger partial charge on any atom is 0.328 e. The van der Waals surface area contributed by atoms with Crippen molar-refractivity contribution < 1.29 is 14.6 Å². The zero-order valence-corrected chi connectivity index (χ0v) is 11.7. The summed E-state index contributed by atoms with van der Waals surface area (Å²) in [7, 11) is 1.57. The molecule has 0 saturated heterocycles. The van der Waals surface area contributed by atoms with Crippen LogP contribution in [0.1, 0.15) is 30.9 Å². The van der Waals surface area contributed by atoms with Crippen molar-refractivity contribution in [3.63, 3.8) is 0 Å². The van der Waals surface area contributed by atoms with Gasteiger partial charge in [-0.15, -0.1) is 0 Å². The summed E-state index contributed by atoms with van der Waals surface area (Å²) in [6.45, 7) is 4.39. The van der Waals surface area contributed by atoms with E-state index < -0.39 is 11.5 Å². The number of nitrogens with one attached hydrogen (secondary N) is 1. The van der Waals surface area contributed by atoms with E-state index in [0.29, 0.717) is 17.2 Å². The summed E-state index contributed by atoms with van der Waals surface area (Å²) in [5.41, 5.74) is 0.597. The molecule has 0 radical (unpaired) electrons. The summed E-state index contributed by atoms with van der Waals surface area (Å²) in [5.74, 6) is 0.352. The molecule has 1 aromatic carbocycles. The zero-order valence-electron chi connectivity index (χ0n) is 11.7. The molecule has 1 unspecified atom stereocenters. The summed E-state index contributed by atoms with van der Waals surface area (Å²) in [4.78, 5) is 11.7. The van der Waals surface area contributed by atoms with E-state index in [9.17, 15) is 9.90 Å². The highest BCUT2D eigenvalue weighted by atomic mass is 16.5. The van der Waals surface area contributed by atoms with Crippen LogP contribution in [0.25, 0.3) is 0 Å². The summed E-state index contributed by atoms with van der Waals surface area (Å²) in [6, 6.07) is 5.63. The summed E-state index contributed by atoms with van der Waals surface area (Å²) < 4.78 is 5.32. The topological polar surface area (TPSA) is 58.6 Å². The van der Waals surface area contributed by atoms with Crippen LogP contribution in [0.4, 0.5) is 0 Å². The second-order valence-electron chi connectivity index (χ2n) is 5.46. The number of benzene rings is 1. The van der Waals surface area contributed by atoms with E-state index in [0.717, 1.165) is 12.1 Å². The SMILES string of the molecule is COc1ccc(C)cc1C(C)(NCC1CC1)C(=O)O. The van der Waals surface area contributed by atoms with Crippen molar-refractivity contribution in [2.45, 2.75) is 32.2 Å². The van der Waals surface area contributed by atoms with E-state index in [1.165, 1.54) is 12.8 Å². The number of carboxylic acid groups (broad SMARTS) is 1. The molecule has 0 amide bonds. The quantitative estimate of drug-likeness (QED) is 0.827. The van der Waals surface area contributed by atoms with Crippen molar-refractivity contribution in [2.24, 2.45) is 5.92 Å². The maximum absolute atomic E-state index is 11.7. The predicted molar refractivity (Wildman–Crippen MR) is 73.4 cm³/mol. The van der Waals surface area contributed by atoms with Crippen molar-refractivity contribution in [1.82, 2.24) is 5.32 Å². The average molecular weight is 263 g/mol. The van der Waals surface area contributed by atoms with Gasteiger partial charge in [-0.05, 0) is 51.3 Å². The van der Waals surface area contributed by atoms with Gasteiger partial charge in [0.25, 0.3) is 0 Å². The summed E-state index contributed by atoms with van der Waals surface area (Å²) in [6.07, 6.45) is 2.38. The van der Waals surface area contributed by atoms with Gasteiger partial charge in [-0.2, -0.15) is 0 Å². The monoisotopic (exact) mass is 263 g/mol. The first-order valence-corrected chi connectivity index (χ1v) is 6.61. The number of carboxylic acids is 1. The Morgan fingerprint density at radius 1 is 1.53 bits per heavy atom. The van der Waals surface area contributed by atoms with E-state index in [1.54, 1.807) is 14.0 Å². The standard InChI is InChI=1S/C15H21NO3/c1-10-4-7-13(19-3)12(8-10)15(2,14(17)18)16-9-11-5-6-11/h4,7-8,11,16H,5-6,9H2,1-3H3,(H,17,18). The smallest absolute Gasteiger partial charge is 0.328 e. The number of hydrogen-bond donors (Lipinski definition) is 2. The first-order valence-electron chi connectivity index (χ1n) is 6.61. The van der Waals surface area contributed by atoms with Gasteiger partial charge >= 0.3 is 5.97 Å². The molecular formula is C15H21NO3. The van der Waals surface area contributed by atoms with Gasteiger partial charge in [0.1, 0.15) is 11.3 Å². The fraction of sp³-hybridized carbons (Fsp3) is 0.533. The largest absolute Gasteiger partial charge is 0.496 e. The molecule has 1 atom stereocenters. The third-order valence-electron chi connectivity index (χ3n) is 3.76. The molecule has 0 heterocycles. The van der Waals surface area contributed by atoms with Gasteiger partial charge in [0, 0.05) is 5.56 Å². The first kappa shape index (κ1) is 13.9. The molecule has 0 spiro atoms. The molecule has 4 nitrogen and oxygen atoms in total. The molecule has 0 aliphatic heterocycles. The normalized spacial score (nSPS) is 17.8. The lowest BCUT2D eigenvalue weighted by Crippen LogP contribution is -2.47. The zero-order chi connectivity index (χ0) is 14.0. The van der Waals surface area contributed by atoms with Crippen LogP contribution in [-0.2, 0) is 10.3 Å². The summed E-state index contributed by atoms with van der Waals surface area (Å²) in [5, 5.41) is 12.8. The third kappa shape index (κ3) is 2.89. The van der Waals surface area contributed by atoms with Crippen LogP contribution in [-0.4, -0.2) is 24.7 Å². The maximum atomic E-state index is 11.7. The van der Waals surface area contributed by atoms with Gasteiger partial charge in [-0.25, -0.2) is 4.79 Å². The van der Waals surface area contributed by atoms with Crippen molar-refractivity contribution in [1.29, 1.82) is 0 Å². The Balaban J connectivity index is 2.35. The fourth-order valence-electron chi connectivity index (χ4n) is 2.17. The van der Waals surface area contributed by atoms with Crippen molar-refractivity contribution in [3.05, 3.63) is 29.3 Å². The Hall–Kier alpha value is -1.55. The minimum absolute atomic E-state index is 0.610. The Bertz CT molecular complexity index is 482. The number of hydrogen-bond acceptors (Lipinski definition) is 3. The molecule has 1 aliphatic carbocycles. The summed E-state index contributed by atoms with van der Waals surface area (Å²) >= 11 is 0. The van der Waals surface area contributed by atoms with Crippen LogP contribution in [0, 0.1) is 12.8 Å². The number of aliphatic carboxylic acids is 1. The fourth-order valence-corrected chi connectivity index (χ4v) is 2.17. The van der Waals surface area contributed by atoms with Gasteiger partial charge < -0.3 is 9.84 Å². The lowest BCUT2D eigenvalue weighted by molar-refractivity contribution is -0.144. The predicted octanol–water partition coefficient (Wildman–Crippen LogP) is 2.30. The second kappa shape index (κ2) is 5.21. The van der Waals surface area contributed by atoms with Crippen molar-refractivity contribution in [2.75, 3.05) is 13.7 Å². The average Bonchev–Trinajstić information content (AvgIpc) is 3.19. The minimum Gasteiger partial charge on any atom is -0.496 e. The van der Waals surface area contributed by atoms with E-state index >= 15 is 0 Å². The molecule has 2 rings (SSSR count). The number of methoxy groups -OCH3 is 1. The van der Waals surface area contributed by atoms with Crippen LogP contribution in [0.3, 0.4) is 0 Å². The minimum atomic E-state index is -1.11. The Kier molecular flexibility index (Phi) is 3.80. The highest BCUT2D eigenvalue weighted by molar-refractivity contribution is 5.81. The van der Waals surface area contributed by atoms with Crippen molar-refractivity contribution in [3.8, 4) is 5.75 Å². The van der Waals surface area contributed by atoms with Gasteiger partial charge in [0.05, 0.1) is 7.11 Å². The lowest BCUT2D eigenvalue weighted by atomic mass is 9.89. The lowest BCUT2D eigenvalue weighted by Gasteiger charge is -2.29. The molecule has 1 aromatic rings. The first-order chi connectivity index (χ1) is 8.97. The van der Waals surface area contributed by atoms with Gasteiger partial charge in [-0.3, -0.25) is 5.32 Å². The Labute approximate surface area is 113 Å². The Morgan fingerprint density at radius 3 is 2.74 bits per heavy atom. The molecule has 1 fully saturated rings. The van der Waals surface area contributed by atoms with E-state index in [4.69, 9.17) is 4.74 Å². The van der Waals surface area contributed by atoms with E-state index in [1.807, 2.05) is 25.1 Å². The number of ether oxygens (including phenoxy) is 1. The number of carbonyl (C=O) groups is 1. The molecule has 1 aliphatic rings. The highest BCUT2D eigenvalue weighted by Crippen LogP contribution is 2.34. The third-order valence-corrected chi connectivity index (χ3v) is 3.76. The number of rotatable bonds is 6. The molecule has 4 heteroatoms. The molecule has 104 valence electrons. The molecule has 0 aromatic heterocycles. The molecular weight excluding hydrogens is 242 g/mol. The molecule has 0 bridgehead atoms. The van der Waals surface area contributed by atoms with Crippen LogP contribution in [0.5, 0.6) is 5.75 Å². The Morgan fingerprint density at radius 2 is 2.21 bits per heavy atom. The van der Waals surface area contributed by atoms with E-state index in [2.05, 4.69) is 5.32 Å². The van der Waals surface area contributed by atoms with Crippen LogP contribution >= 0.6 is 0 Å². The van der Waals surface area contributed by atoms with Gasteiger partial charge in [-0.1, -0.05) is 11.6 Å². The number of aryl methyl sites for hydroxylation is 1. The van der Waals surface area contributed by atoms with E-state index in [-0.39, 0.29) is 0 Å². The second-order valence-corrected chi connectivity index (χ2v) is 5.46. The highest BCUT2D eigenvalue weighted by Gasteiger charge is 2.38. The van der Waals surface area contributed by atoms with Crippen molar-refractivity contribution >= 4 is 5.97 Å². The van der Waals surface area contributed by atoms with Gasteiger partial charge in [0.2, 0.25) is 0 Å². The van der Waals surface area contributed by atoms with Crippen LogP contribution in [0.2, 0.25) is 0 Å².